The lowest BCUT2D eigenvalue weighted by atomic mass is 10.0. The van der Waals surface area contributed by atoms with Gasteiger partial charge in [-0.05, 0) is 18.1 Å². The van der Waals surface area contributed by atoms with Gasteiger partial charge in [0.15, 0.2) is 0 Å². The van der Waals surface area contributed by atoms with Crippen molar-refractivity contribution in [3.8, 4) is 0 Å². The van der Waals surface area contributed by atoms with E-state index in [0.29, 0.717) is 12.5 Å². The molecular formula is C12H17FN2O2. The summed E-state index contributed by atoms with van der Waals surface area (Å²) in [5, 5.41) is 13.7. The van der Waals surface area contributed by atoms with Crippen LogP contribution in [0.4, 0.5) is 15.8 Å². The summed E-state index contributed by atoms with van der Waals surface area (Å²) in [6.07, 6.45) is 1.99. The molecule has 0 aliphatic rings. The second-order valence-electron chi connectivity index (χ2n) is 3.96. The van der Waals surface area contributed by atoms with Crippen molar-refractivity contribution in [3.05, 3.63) is 34.1 Å². The minimum absolute atomic E-state index is 0.252. The van der Waals surface area contributed by atoms with Crippen molar-refractivity contribution >= 4 is 11.4 Å². The van der Waals surface area contributed by atoms with Crippen molar-refractivity contribution in [3.63, 3.8) is 0 Å². The summed E-state index contributed by atoms with van der Waals surface area (Å²) >= 11 is 0. The Hall–Kier alpha value is -1.65. The molecule has 0 aliphatic heterocycles. The van der Waals surface area contributed by atoms with Crippen LogP contribution in [0.15, 0.2) is 18.2 Å². The molecule has 4 nitrogen and oxygen atoms in total. The predicted molar refractivity (Wildman–Crippen MR) is 65.6 cm³/mol. The highest BCUT2D eigenvalue weighted by Crippen LogP contribution is 2.27. The summed E-state index contributed by atoms with van der Waals surface area (Å²) in [7, 11) is 0. The maximum atomic E-state index is 13.3. The Labute approximate surface area is 100.0 Å². The van der Waals surface area contributed by atoms with Crippen molar-refractivity contribution in [1.82, 2.24) is 0 Å². The van der Waals surface area contributed by atoms with Crippen LogP contribution in [0.5, 0.6) is 0 Å². The second kappa shape index (κ2) is 6.18. The van der Waals surface area contributed by atoms with Crippen LogP contribution in [-0.4, -0.2) is 11.5 Å². The molecule has 0 saturated heterocycles. The molecule has 17 heavy (non-hydrogen) atoms. The molecule has 0 aromatic heterocycles. The summed E-state index contributed by atoms with van der Waals surface area (Å²) in [4.78, 5) is 10.1. The minimum Gasteiger partial charge on any atom is -0.379 e. The standard InChI is InChI=1S/C12H17FN2O2/c1-3-9(4-2)8-14-11-7-5-6-10(13)12(11)15(16)17/h5-7,9,14H,3-4,8H2,1-2H3. The van der Waals surface area contributed by atoms with Crippen LogP contribution in [-0.2, 0) is 0 Å². The van der Waals surface area contributed by atoms with Gasteiger partial charge in [0, 0.05) is 6.54 Å². The average Bonchev–Trinajstić information content (AvgIpc) is 2.29. The van der Waals surface area contributed by atoms with Gasteiger partial charge in [-0.15, -0.1) is 0 Å². The lowest BCUT2D eigenvalue weighted by molar-refractivity contribution is -0.386. The normalized spacial score (nSPS) is 10.6. The van der Waals surface area contributed by atoms with Crippen LogP contribution in [0.2, 0.25) is 0 Å². The Kier molecular flexibility index (Phi) is 4.87. The molecule has 0 heterocycles. The maximum Gasteiger partial charge on any atom is 0.327 e. The fourth-order valence-electron chi connectivity index (χ4n) is 1.68. The molecule has 0 radical (unpaired) electrons. The first-order chi connectivity index (χ1) is 8.10. The summed E-state index contributed by atoms with van der Waals surface area (Å²) < 4.78 is 13.3. The SMILES string of the molecule is CCC(CC)CNc1cccc(F)c1[N+](=O)[O-]. The second-order valence-corrected chi connectivity index (χ2v) is 3.96. The molecule has 0 fully saturated rings. The fourth-order valence-corrected chi connectivity index (χ4v) is 1.68. The molecule has 1 aromatic rings. The Morgan fingerprint density at radius 3 is 2.59 bits per heavy atom. The molecule has 0 unspecified atom stereocenters. The maximum absolute atomic E-state index is 13.3. The third kappa shape index (κ3) is 3.41. The minimum atomic E-state index is -0.801. The van der Waals surface area contributed by atoms with E-state index in [-0.39, 0.29) is 5.69 Å². The first kappa shape index (κ1) is 13.4. The van der Waals surface area contributed by atoms with Crippen LogP contribution in [0.3, 0.4) is 0 Å². The topological polar surface area (TPSA) is 55.2 Å². The van der Waals surface area contributed by atoms with Crippen molar-refractivity contribution in [2.75, 3.05) is 11.9 Å². The van der Waals surface area contributed by atoms with Gasteiger partial charge in [0.05, 0.1) is 4.92 Å². The molecule has 0 bridgehead atoms. The van der Waals surface area contributed by atoms with Crippen LogP contribution in [0.1, 0.15) is 26.7 Å². The number of halogens is 1. The van der Waals surface area contributed by atoms with Crippen LogP contribution in [0, 0.1) is 21.8 Å². The molecule has 5 heteroatoms. The smallest absolute Gasteiger partial charge is 0.327 e. The molecule has 1 aromatic carbocycles. The highest BCUT2D eigenvalue weighted by atomic mass is 19.1. The largest absolute Gasteiger partial charge is 0.379 e. The van der Waals surface area contributed by atoms with Gasteiger partial charge in [-0.3, -0.25) is 10.1 Å². The van der Waals surface area contributed by atoms with E-state index < -0.39 is 16.4 Å². The van der Waals surface area contributed by atoms with E-state index in [4.69, 9.17) is 0 Å². The highest BCUT2D eigenvalue weighted by Gasteiger charge is 2.19. The molecule has 0 spiro atoms. The van der Waals surface area contributed by atoms with E-state index in [1.807, 2.05) is 0 Å². The van der Waals surface area contributed by atoms with Crippen LogP contribution in [0.25, 0.3) is 0 Å². The van der Waals surface area contributed by atoms with Gasteiger partial charge in [0.25, 0.3) is 0 Å². The molecule has 0 atom stereocenters. The number of nitrogens with one attached hydrogen (secondary N) is 1. The zero-order chi connectivity index (χ0) is 12.8. The number of hydrogen-bond donors (Lipinski definition) is 1. The summed E-state index contributed by atoms with van der Waals surface area (Å²) in [5.41, 5.74) is -0.222. The molecule has 0 amide bonds. The van der Waals surface area contributed by atoms with E-state index >= 15 is 0 Å². The third-order valence-corrected chi connectivity index (χ3v) is 2.91. The molecule has 0 aliphatic carbocycles. The monoisotopic (exact) mass is 240 g/mol. The summed E-state index contributed by atoms with van der Waals surface area (Å²) in [6.45, 7) is 4.75. The number of rotatable bonds is 6. The number of hydrogen-bond acceptors (Lipinski definition) is 3. The molecule has 94 valence electrons. The van der Waals surface area contributed by atoms with Crippen molar-refractivity contribution in [1.29, 1.82) is 0 Å². The van der Waals surface area contributed by atoms with Crippen LogP contribution >= 0.6 is 0 Å². The number of para-hydroxylation sites is 1. The van der Waals surface area contributed by atoms with Gasteiger partial charge < -0.3 is 5.32 Å². The van der Waals surface area contributed by atoms with Gasteiger partial charge in [0.1, 0.15) is 5.69 Å². The molecule has 0 saturated carbocycles. The van der Waals surface area contributed by atoms with Gasteiger partial charge in [-0.1, -0.05) is 32.8 Å². The number of nitrogens with zero attached hydrogens (tertiary/aromatic N) is 1. The Morgan fingerprint density at radius 1 is 1.41 bits per heavy atom. The fraction of sp³-hybridized carbons (Fsp3) is 0.500. The van der Waals surface area contributed by atoms with Gasteiger partial charge in [0.2, 0.25) is 5.82 Å². The Bertz CT molecular complexity index is 392. The molecule has 1 rings (SSSR count). The average molecular weight is 240 g/mol. The van der Waals surface area contributed by atoms with Crippen molar-refractivity contribution in [2.45, 2.75) is 26.7 Å². The van der Waals surface area contributed by atoms with Crippen molar-refractivity contribution < 1.29 is 9.31 Å². The lowest BCUT2D eigenvalue weighted by Gasteiger charge is -2.14. The predicted octanol–water partition coefficient (Wildman–Crippen LogP) is 3.58. The van der Waals surface area contributed by atoms with Gasteiger partial charge in [-0.2, -0.15) is 4.39 Å². The van der Waals surface area contributed by atoms with E-state index in [1.54, 1.807) is 0 Å². The zero-order valence-electron chi connectivity index (χ0n) is 10.1. The zero-order valence-corrected chi connectivity index (χ0v) is 10.1. The van der Waals surface area contributed by atoms with Gasteiger partial charge in [-0.25, -0.2) is 0 Å². The number of benzene rings is 1. The third-order valence-electron chi connectivity index (χ3n) is 2.91. The summed E-state index contributed by atoms with van der Waals surface area (Å²) in [5.74, 6) is -0.359. The molecule has 1 N–H and O–H groups in total. The first-order valence-electron chi connectivity index (χ1n) is 5.76. The van der Waals surface area contributed by atoms with Gasteiger partial charge >= 0.3 is 5.69 Å². The Balaban J connectivity index is 2.84. The lowest BCUT2D eigenvalue weighted by Crippen LogP contribution is -2.14. The number of anilines is 1. The molecular weight excluding hydrogens is 223 g/mol. The van der Waals surface area contributed by atoms with E-state index in [0.717, 1.165) is 18.9 Å². The summed E-state index contributed by atoms with van der Waals surface area (Å²) in [6, 6.07) is 4.10. The van der Waals surface area contributed by atoms with Crippen LogP contribution < -0.4 is 5.32 Å². The number of nitro groups is 1. The number of nitro benzene ring substituents is 1. The van der Waals surface area contributed by atoms with E-state index in [1.165, 1.54) is 12.1 Å². The first-order valence-corrected chi connectivity index (χ1v) is 5.76. The van der Waals surface area contributed by atoms with Crippen molar-refractivity contribution in [2.24, 2.45) is 5.92 Å². The highest BCUT2D eigenvalue weighted by molar-refractivity contribution is 5.61. The van der Waals surface area contributed by atoms with E-state index in [9.17, 15) is 14.5 Å². The van der Waals surface area contributed by atoms with E-state index in [2.05, 4.69) is 19.2 Å². The quantitative estimate of drug-likeness (QED) is 0.610. The Morgan fingerprint density at radius 2 is 2.06 bits per heavy atom.